The number of hydrogen-bond acceptors (Lipinski definition) is 4. The van der Waals surface area contributed by atoms with Crippen molar-refractivity contribution in [1.82, 2.24) is 20.5 Å². The van der Waals surface area contributed by atoms with E-state index in [1.807, 2.05) is 0 Å². The van der Waals surface area contributed by atoms with Crippen molar-refractivity contribution < 1.29 is 4.42 Å². The van der Waals surface area contributed by atoms with Crippen LogP contribution in [-0.4, -0.2) is 50.1 Å². The summed E-state index contributed by atoms with van der Waals surface area (Å²) in [5, 5.41) is 6.61. The van der Waals surface area contributed by atoms with Gasteiger partial charge in [-0.25, -0.2) is 4.98 Å². The molecule has 0 aromatic carbocycles. The summed E-state index contributed by atoms with van der Waals surface area (Å²) in [6, 6.07) is 0. The number of aromatic nitrogens is 1. The van der Waals surface area contributed by atoms with Crippen molar-refractivity contribution in [3.8, 4) is 0 Å². The quantitative estimate of drug-likeness (QED) is 0.621. The van der Waals surface area contributed by atoms with Crippen molar-refractivity contribution in [3.05, 3.63) is 17.8 Å². The third-order valence-corrected chi connectivity index (χ3v) is 3.40. The molecule has 0 radical (unpaired) electrons. The molecule has 0 saturated carbocycles. The lowest BCUT2D eigenvalue weighted by Gasteiger charge is -2.29. The highest BCUT2D eigenvalue weighted by atomic mass is 16.4. The van der Waals surface area contributed by atoms with Gasteiger partial charge >= 0.3 is 0 Å². The number of nitrogens with one attached hydrogen (secondary N) is 2. The van der Waals surface area contributed by atoms with Crippen molar-refractivity contribution in [2.45, 2.75) is 46.6 Å². The number of hydrogen-bond donors (Lipinski definition) is 2. The molecule has 1 heterocycles. The molecular formula is C17H33N5O. The van der Waals surface area contributed by atoms with Gasteiger partial charge in [-0.2, -0.15) is 0 Å². The van der Waals surface area contributed by atoms with E-state index in [0.717, 1.165) is 24.8 Å². The summed E-state index contributed by atoms with van der Waals surface area (Å²) in [6.45, 7) is 13.2. The summed E-state index contributed by atoms with van der Waals surface area (Å²) in [5.74, 6) is 2.32. The molecule has 0 bridgehead atoms. The number of aliphatic imine (C=N–C) groups is 1. The maximum absolute atomic E-state index is 5.78. The fourth-order valence-electron chi connectivity index (χ4n) is 2.35. The Morgan fingerprint density at radius 3 is 2.35 bits per heavy atom. The van der Waals surface area contributed by atoms with Gasteiger partial charge in [0, 0.05) is 25.6 Å². The zero-order valence-electron chi connectivity index (χ0n) is 15.9. The van der Waals surface area contributed by atoms with Crippen molar-refractivity contribution in [2.24, 2.45) is 10.4 Å². The largest absolute Gasteiger partial charge is 0.443 e. The van der Waals surface area contributed by atoms with Crippen LogP contribution in [0.25, 0.3) is 0 Å². The van der Waals surface area contributed by atoms with Gasteiger partial charge in [-0.1, -0.05) is 34.6 Å². The van der Waals surface area contributed by atoms with Gasteiger partial charge in [0.2, 0.25) is 5.89 Å². The van der Waals surface area contributed by atoms with Crippen LogP contribution in [0.1, 0.15) is 46.3 Å². The smallest absolute Gasteiger partial charge is 0.213 e. The van der Waals surface area contributed by atoms with E-state index in [2.05, 4.69) is 74.2 Å². The van der Waals surface area contributed by atoms with E-state index in [1.165, 1.54) is 0 Å². The molecular weight excluding hydrogens is 290 g/mol. The Bertz CT molecular complexity index is 511. The zero-order chi connectivity index (χ0) is 17.7. The Morgan fingerprint density at radius 1 is 1.22 bits per heavy atom. The molecule has 6 nitrogen and oxygen atoms in total. The molecule has 0 amide bonds. The third kappa shape index (κ3) is 7.03. The fourth-order valence-corrected chi connectivity index (χ4v) is 2.35. The SMILES string of the molecule is CN=C(NCc1ncc(C(C)(C)C)o1)NCC(C)(C)CN(C)C. The van der Waals surface area contributed by atoms with E-state index in [-0.39, 0.29) is 10.8 Å². The predicted octanol–water partition coefficient (Wildman–Crippen LogP) is 2.22. The van der Waals surface area contributed by atoms with Gasteiger partial charge in [0.05, 0.1) is 12.7 Å². The zero-order valence-corrected chi connectivity index (χ0v) is 15.9. The highest BCUT2D eigenvalue weighted by Gasteiger charge is 2.20. The fraction of sp³-hybridized carbons (Fsp3) is 0.765. The van der Waals surface area contributed by atoms with Crippen molar-refractivity contribution >= 4 is 5.96 Å². The molecule has 0 aliphatic rings. The molecule has 2 N–H and O–H groups in total. The lowest BCUT2D eigenvalue weighted by molar-refractivity contribution is 0.241. The van der Waals surface area contributed by atoms with Crippen molar-refractivity contribution in [1.29, 1.82) is 0 Å². The highest BCUT2D eigenvalue weighted by molar-refractivity contribution is 5.79. The van der Waals surface area contributed by atoms with Gasteiger partial charge in [0.1, 0.15) is 5.76 Å². The van der Waals surface area contributed by atoms with E-state index >= 15 is 0 Å². The number of oxazole rings is 1. The predicted molar refractivity (Wildman–Crippen MR) is 95.7 cm³/mol. The highest BCUT2D eigenvalue weighted by Crippen LogP contribution is 2.22. The van der Waals surface area contributed by atoms with E-state index in [9.17, 15) is 0 Å². The van der Waals surface area contributed by atoms with Crippen LogP contribution in [-0.2, 0) is 12.0 Å². The van der Waals surface area contributed by atoms with E-state index in [1.54, 1.807) is 13.2 Å². The minimum atomic E-state index is -0.0264. The number of nitrogens with zero attached hydrogens (tertiary/aromatic N) is 3. The molecule has 6 heteroatoms. The Balaban J connectivity index is 2.50. The van der Waals surface area contributed by atoms with Gasteiger partial charge in [0.15, 0.2) is 5.96 Å². The van der Waals surface area contributed by atoms with E-state index in [4.69, 9.17) is 4.42 Å². The second-order valence-corrected chi connectivity index (χ2v) is 8.05. The minimum Gasteiger partial charge on any atom is -0.443 e. The Hall–Kier alpha value is -1.56. The normalized spacial score (nSPS) is 13.5. The van der Waals surface area contributed by atoms with Crippen molar-refractivity contribution in [2.75, 3.05) is 34.2 Å². The van der Waals surface area contributed by atoms with Crippen LogP contribution in [0.2, 0.25) is 0 Å². The van der Waals surface area contributed by atoms with E-state index < -0.39 is 0 Å². The van der Waals surface area contributed by atoms with Gasteiger partial charge in [-0.15, -0.1) is 0 Å². The summed E-state index contributed by atoms with van der Waals surface area (Å²) in [4.78, 5) is 10.8. The van der Waals surface area contributed by atoms with Crippen LogP contribution in [0.3, 0.4) is 0 Å². The van der Waals surface area contributed by atoms with Gasteiger partial charge in [-0.05, 0) is 19.5 Å². The van der Waals surface area contributed by atoms with Crippen molar-refractivity contribution in [3.63, 3.8) is 0 Å². The van der Waals surface area contributed by atoms with Gasteiger partial charge in [0.25, 0.3) is 0 Å². The van der Waals surface area contributed by atoms with Crippen LogP contribution in [0.5, 0.6) is 0 Å². The summed E-state index contributed by atoms with van der Waals surface area (Å²) < 4.78 is 5.78. The lowest BCUT2D eigenvalue weighted by atomic mass is 9.93. The molecule has 1 aromatic heterocycles. The molecule has 1 rings (SSSR count). The molecule has 0 aliphatic carbocycles. The first-order chi connectivity index (χ1) is 10.5. The van der Waals surface area contributed by atoms with Crippen LogP contribution in [0.4, 0.5) is 0 Å². The second kappa shape index (κ2) is 7.81. The molecule has 0 spiro atoms. The van der Waals surface area contributed by atoms with Crippen LogP contribution in [0.15, 0.2) is 15.6 Å². The topological polar surface area (TPSA) is 65.7 Å². The number of rotatable bonds is 6. The second-order valence-electron chi connectivity index (χ2n) is 8.05. The Morgan fingerprint density at radius 2 is 1.87 bits per heavy atom. The Labute approximate surface area is 140 Å². The van der Waals surface area contributed by atoms with Crippen LogP contribution < -0.4 is 10.6 Å². The summed E-state index contributed by atoms with van der Waals surface area (Å²) >= 11 is 0. The monoisotopic (exact) mass is 323 g/mol. The first-order valence-electron chi connectivity index (χ1n) is 8.08. The first kappa shape index (κ1) is 19.5. The maximum Gasteiger partial charge on any atom is 0.213 e. The van der Waals surface area contributed by atoms with Gasteiger partial charge in [-0.3, -0.25) is 4.99 Å². The third-order valence-electron chi connectivity index (χ3n) is 3.40. The lowest BCUT2D eigenvalue weighted by Crippen LogP contribution is -2.44. The minimum absolute atomic E-state index is 0.0264. The molecule has 132 valence electrons. The molecule has 23 heavy (non-hydrogen) atoms. The van der Waals surface area contributed by atoms with Gasteiger partial charge < -0.3 is 20.0 Å². The Kier molecular flexibility index (Phi) is 6.62. The number of guanidine groups is 1. The standard InChI is InChI=1S/C17H33N5O/c1-16(2,3)13-9-19-14(23-13)10-20-15(18-6)21-11-17(4,5)12-22(7)8/h9H,10-12H2,1-8H3,(H2,18,20,21). The summed E-state index contributed by atoms with van der Waals surface area (Å²) in [5.41, 5.74) is 0.130. The average molecular weight is 323 g/mol. The molecule has 0 unspecified atom stereocenters. The molecule has 0 saturated heterocycles. The summed E-state index contributed by atoms with van der Waals surface area (Å²) in [6.07, 6.45) is 1.80. The molecule has 1 aromatic rings. The first-order valence-corrected chi connectivity index (χ1v) is 8.08. The maximum atomic E-state index is 5.78. The molecule has 0 atom stereocenters. The summed E-state index contributed by atoms with van der Waals surface area (Å²) in [7, 11) is 5.94. The van der Waals surface area contributed by atoms with Crippen LogP contribution in [0, 0.1) is 5.41 Å². The average Bonchev–Trinajstić information content (AvgIpc) is 2.86. The molecule has 0 aliphatic heterocycles. The van der Waals surface area contributed by atoms with E-state index in [0.29, 0.717) is 12.4 Å². The van der Waals surface area contributed by atoms with Crippen LogP contribution >= 0.6 is 0 Å². The molecule has 0 fully saturated rings.